The molecule has 0 radical (unpaired) electrons. The van der Waals surface area contributed by atoms with E-state index >= 15 is 0 Å². The number of rotatable bonds is 1. The van der Waals surface area contributed by atoms with Crippen LogP contribution in [0.5, 0.6) is 5.75 Å². The zero-order valence-electron chi connectivity index (χ0n) is 8.30. The molecular weight excluding hydrogens is 320 g/mol. The van der Waals surface area contributed by atoms with Gasteiger partial charge in [-0.2, -0.15) is 0 Å². The molecule has 1 aliphatic heterocycles. The normalized spacial score (nSPS) is 32.3. The molecule has 1 aromatic rings. The topological polar surface area (TPSA) is 9.23 Å². The van der Waals surface area contributed by atoms with E-state index in [1.165, 1.54) is 18.4 Å². The van der Waals surface area contributed by atoms with Crippen LogP contribution in [0.25, 0.3) is 0 Å². The van der Waals surface area contributed by atoms with Crippen LogP contribution in [0.3, 0.4) is 0 Å². The highest BCUT2D eigenvalue weighted by Crippen LogP contribution is 2.61. The second kappa shape index (κ2) is 3.49. The van der Waals surface area contributed by atoms with Crippen LogP contribution in [0.1, 0.15) is 18.4 Å². The molecule has 2 unspecified atom stereocenters. The Hall–Kier alpha value is -0.0200. The molecule has 1 aliphatic carbocycles. The standard InChI is InChI=1S/C12H12Br2O/c13-7-8-6-12(8)3-4-15-11-2-1-9(14)5-10(11)12/h1-2,5,8H,3-4,6-7H2. The van der Waals surface area contributed by atoms with Crippen LogP contribution in [-0.4, -0.2) is 11.9 Å². The van der Waals surface area contributed by atoms with E-state index in [-0.39, 0.29) is 0 Å². The van der Waals surface area contributed by atoms with Crippen molar-refractivity contribution in [3.05, 3.63) is 28.2 Å². The summed E-state index contributed by atoms with van der Waals surface area (Å²) in [6.07, 6.45) is 2.48. The van der Waals surface area contributed by atoms with Gasteiger partial charge in [0.2, 0.25) is 0 Å². The Labute approximate surface area is 106 Å². The van der Waals surface area contributed by atoms with Crippen LogP contribution >= 0.6 is 31.9 Å². The van der Waals surface area contributed by atoms with Gasteiger partial charge in [-0.05, 0) is 37.0 Å². The van der Waals surface area contributed by atoms with Gasteiger partial charge in [-0.3, -0.25) is 0 Å². The Morgan fingerprint density at radius 1 is 1.47 bits per heavy atom. The monoisotopic (exact) mass is 330 g/mol. The summed E-state index contributed by atoms with van der Waals surface area (Å²) < 4.78 is 6.87. The molecular formula is C12H12Br2O. The largest absolute Gasteiger partial charge is 0.493 e. The van der Waals surface area contributed by atoms with Crippen LogP contribution in [0.15, 0.2) is 22.7 Å². The number of benzene rings is 1. The molecule has 3 rings (SSSR count). The van der Waals surface area contributed by atoms with Crippen LogP contribution in [0.4, 0.5) is 0 Å². The van der Waals surface area contributed by atoms with Gasteiger partial charge in [-0.15, -0.1) is 0 Å². The number of hydrogen-bond donors (Lipinski definition) is 0. The van der Waals surface area contributed by atoms with Crippen molar-refractivity contribution in [1.82, 2.24) is 0 Å². The van der Waals surface area contributed by atoms with Gasteiger partial charge in [0, 0.05) is 20.8 Å². The molecule has 15 heavy (non-hydrogen) atoms. The molecule has 1 nitrogen and oxygen atoms in total. The maximum Gasteiger partial charge on any atom is 0.123 e. The fraction of sp³-hybridized carbons (Fsp3) is 0.500. The van der Waals surface area contributed by atoms with E-state index in [0.29, 0.717) is 5.41 Å². The van der Waals surface area contributed by atoms with Gasteiger partial charge in [0.05, 0.1) is 6.61 Å². The minimum atomic E-state index is 0.418. The van der Waals surface area contributed by atoms with Gasteiger partial charge in [0.25, 0.3) is 0 Å². The third-order valence-corrected chi connectivity index (χ3v) is 4.98. The summed E-state index contributed by atoms with van der Waals surface area (Å²) in [7, 11) is 0. The number of hydrogen-bond acceptors (Lipinski definition) is 1. The molecule has 2 atom stereocenters. The number of ether oxygens (including phenoxy) is 1. The van der Waals surface area contributed by atoms with Crippen molar-refractivity contribution in [3.8, 4) is 5.75 Å². The molecule has 1 saturated carbocycles. The second-order valence-corrected chi connectivity index (χ2v) is 6.01. The predicted molar refractivity (Wildman–Crippen MR) is 67.8 cm³/mol. The SMILES string of the molecule is BrCC1CC12CCOc1ccc(Br)cc12. The summed E-state index contributed by atoms with van der Waals surface area (Å²) >= 11 is 7.15. The minimum Gasteiger partial charge on any atom is -0.493 e. The average Bonchev–Trinajstić information content (AvgIpc) is 2.94. The van der Waals surface area contributed by atoms with Crippen molar-refractivity contribution in [3.63, 3.8) is 0 Å². The van der Waals surface area contributed by atoms with Crippen LogP contribution in [0.2, 0.25) is 0 Å². The molecule has 2 aliphatic rings. The first-order valence-corrected chi connectivity index (χ1v) is 7.16. The predicted octanol–water partition coefficient (Wildman–Crippen LogP) is 3.88. The first kappa shape index (κ1) is 10.2. The van der Waals surface area contributed by atoms with Gasteiger partial charge in [-0.1, -0.05) is 31.9 Å². The molecule has 1 aromatic carbocycles. The summed E-state index contributed by atoms with van der Waals surface area (Å²) in [4.78, 5) is 0. The van der Waals surface area contributed by atoms with E-state index in [9.17, 15) is 0 Å². The van der Waals surface area contributed by atoms with Crippen molar-refractivity contribution in [2.75, 3.05) is 11.9 Å². The van der Waals surface area contributed by atoms with E-state index in [4.69, 9.17) is 4.74 Å². The molecule has 1 spiro atoms. The molecule has 1 heterocycles. The first-order valence-electron chi connectivity index (χ1n) is 5.25. The van der Waals surface area contributed by atoms with Gasteiger partial charge >= 0.3 is 0 Å². The van der Waals surface area contributed by atoms with E-state index < -0.39 is 0 Å². The maximum atomic E-state index is 5.71. The zero-order chi connectivity index (χ0) is 10.5. The molecule has 0 amide bonds. The van der Waals surface area contributed by atoms with Crippen molar-refractivity contribution in [1.29, 1.82) is 0 Å². The first-order chi connectivity index (χ1) is 7.26. The Kier molecular flexibility index (Phi) is 2.36. The third-order valence-electron chi connectivity index (χ3n) is 3.70. The Morgan fingerprint density at radius 2 is 2.33 bits per heavy atom. The van der Waals surface area contributed by atoms with Crippen LogP contribution < -0.4 is 4.74 Å². The molecule has 0 aromatic heterocycles. The van der Waals surface area contributed by atoms with E-state index in [1.54, 1.807) is 0 Å². The fourth-order valence-corrected chi connectivity index (χ4v) is 3.92. The number of alkyl halides is 1. The summed E-state index contributed by atoms with van der Waals surface area (Å²) in [6, 6.07) is 6.38. The smallest absolute Gasteiger partial charge is 0.123 e. The number of halogens is 2. The van der Waals surface area contributed by atoms with Crippen molar-refractivity contribution >= 4 is 31.9 Å². The molecule has 0 N–H and O–H groups in total. The van der Waals surface area contributed by atoms with Gasteiger partial charge in [-0.25, -0.2) is 0 Å². The van der Waals surface area contributed by atoms with Gasteiger partial charge < -0.3 is 4.74 Å². The van der Waals surface area contributed by atoms with Gasteiger partial charge in [0.15, 0.2) is 0 Å². The van der Waals surface area contributed by atoms with E-state index in [2.05, 4.69) is 50.1 Å². The van der Waals surface area contributed by atoms with Gasteiger partial charge in [0.1, 0.15) is 5.75 Å². The van der Waals surface area contributed by atoms with Crippen molar-refractivity contribution in [2.24, 2.45) is 5.92 Å². The van der Waals surface area contributed by atoms with Crippen molar-refractivity contribution < 1.29 is 4.74 Å². The lowest BCUT2D eigenvalue weighted by molar-refractivity contribution is 0.255. The summed E-state index contributed by atoms with van der Waals surface area (Å²) in [6.45, 7) is 0.873. The van der Waals surface area contributed by atoms with Crippen LogP contribution in [-0.2, 0) is 5.41 Å². The highest BCUT2D eigenvalue weighted by Gasteiger charge is 2.56. The second-order valence-electron chi connectivity index (χ2n) is 4.45. The highest BCUT2D eigenvalue weighted by atomic mass is 79.9. The molecule has 3 heteroatoms. The maximum absolute atomic E-state index is 5.71. The third kappa shape index (κ3) is 1.47. The lowest BCUT2D eigenvalue weighted by atomic mass is 9.88. The minimum absolute atomic E-state index is 0.418. The average molecular weight is 332 g/mol. The Bertz CT molecular complexity index is 405. The Morgan fingerprint density at radius 3 is 3.07 bits per heavy atom. The summed E-state index contributed by atoms with van der Waals surface area (Å²) in [5.41, 5.74) is 1.83. The summed E-state index contributed by atoms with van der Waals surface area (Å²) in [5, 5.41) is 1.11. The van der Waals surface area contributed by atoms with E-state index in [0.717, 1.165) is 28.1 Å². The van der Waals surface area contributed by atoms with Crippen molar-refractivity contribution in [2.45, 2.75) is 18.3 Å². The quantitative estimate of drug-likeness (QED) is 0.709. The lowest BCUT2D eigenvalue weighted by Crippen LogP contribution is -2.22. The highest BCUT2D eigenvalue weighted by molar-refractivity contribution is 9.10. The Balaban J connectivity index is 2.07. The fourth-order valence-electron chi connectivity index (χ4n) is 2.71. The zero-order valence-corrected chi connectivity index (χ0v) is 11.5. The lowest BCUT2D eigenvalue weighted by Gasteiger charge is -2.27. The molecule has 80 valence electrons. The van der Waals surface area contributed by atoms with E-state index in [1.807, 2.05) is 0 Å². The molecule has 1 fully saturated rings. The molecule has 0 bridgehead atoms. The van der Waals surface area contributed by atoms with Crippen LogP contribution in [0, 0.1) is 5.92 Å². The summed E-state index contributed by atoms with van der Waals surface area (Å²) in [5.74, 6) is 1.89. The molecule has 0 saturated heterocycles. The number of fused-ring (bicyclic) bond motifs is 2.